The molecular weight excluding hydrogens is 467 g/mol. The fourth-order valence-electron chi connectivity index (χ4n) is 5.23. The highest BCUT2D eigenvalue weighted by Crippen LogP contribution is 2.35. The number of halogens is 3. The van der Waals surface area contributed by atoms with Crippen molar-refractivity contribution in [3.8, 4) is 5.88 Å². The Balaban J connectivity index is 1.18. The van der Waals surface area contributed by atoms with Gasteiger partial charge in [0.2, 0.25) is 17.7 Å². The smallest absolute Gasteiger partial charge is 0.402 e. The summed E-state index contributed by atoms with van der Waals surface area (Å²) in [6.07, 6.45) is 1.68. The first-order valence-corrected chi connectivity index (χ1v) is 12.1. The second-order valence-corrected chi connectivity index (χ2v) is 9.33. The average Bonchev–Trinajstić information content (AvgIpc) is 3.28. The number of amides is 2. The van der Waals surface area contributed by atoms with Gasteiger partial charge in [0.1, 0.15) is 12.7 Å². The third-order valence-corrected chi connectivity index (χ3v) is 6.90. The number of carbonyl (C=O) groups excluding carboxylic acids is 2. The molecule has 3 heterocycles. The first-order chi connectivity index (χ1) is 16.8. The zero-order chi connectivity index (χ0) is 24.8. The van der Waals surface area contributed by atoms with E-state index in [1.165, 1.54) is 0 Å². The molecule has 12 heteroatoms. The van der Waals surface area contributed by atoms with E-state index >= 15 is 0 Å². The van der Waals surface area contributed by atoms with Crippen LogP contribution in [0.1, 0.15) is 38.5 Å². The number of aromatic nitrogens is 1. The first kappa shape index (κ1) is 25.6. The summed E-state index contributed by atoms with van der Waals surface area (Å²) in [4.78, 5) is 30.1. The molecule has 2 unspecified atom stereocenters. The number of hydrogen-bond donors (Lipinski definition) is 3. The van der Waals surface area contributed by atoms with Crippen LogP contribution in [0.4, 0.5) is 13.2 Å². The van der Waals surface area contributed by atoms with E-state index in [0.717, 1.165) is 25.7 Å². The number of rotatable bonds is 8. The minimum atomic E-state index is -4.63. The number of nitrogens with zero attached hydrogens (tertiary/aromatic N) is 2. The molecule has 2 aliphatic heterocycles. The molecule has 1 aliphatic carbocycles. The van der Waals surface area contributed by atoms with Crippen LogP contribution >= 0.6 is 0 Å². The molecule has 3 atom stereocenters. The first-order valence-electron chi connectivity index (χ1n) is 12.1. The normalized spacial score (nSPS) is 30.0. The molecule has 2 saturated heterocycles. The number of hydrogen-bond acceptors (Lipinski definition) is 7. The zero-order valence-corrected chi connectivity index (χ0v) is 19.4. The molecule has 3 fully saturated rings. The van der Waals surface area contributed by atoms with Gasteiger partial charge in [-0.15, -0.1) is 0 Å². The van der Waals surface area contributed by atoms with Crippen LogP contribution in [0.15, 0.2) is 24.4 Å². The van der Waals surface area contributed by atoms with E-state index < -0.39 is 24.0 Å². The van der Waals surface area contributed by atoms with E-state index in [0.29, 0.717) is 25.3 Å². The monoisotopic (exact) mass is 499 g/mol. The van der Waals surface area contributed by atoms with E-state index in [4.69, 9.17) is 9.47 Å². The SMILES string of the molecule is O=C(COC[C@@H]1CCCN1C1CNNC(=O)C1C(F)(F)F)NC1CCC(Oc2ccccn2)CC1. The lowest BCUT2D eigenvalue weighted by Crippen LogP contribution is -2.65. The highest BCUT2D eigenvalue weighted by Gasteiger charge is 2.54. The van der Waals surface area contributed by atoms with Crippen molar-refractivity contribution in [2.24, 2.45) is 5.92 Å². The molecule has 0 bridgehead atoms. The Morgan fingerprint density at radius 1 is 1.20 bits per heavy atom. The molecule has 1 aromatic heterocycles. The number of likely N-dealkylation sites (tertiary alicyclic amines) is 1. The van der Waals surface area contributed by atoms with Crippen molar-refractivity contribution in [1.29, 1.82) is 0 Å². The molecule has 0 radical (unpaired) electrons. The summed E-state index contributed by atoms with van der Waals surface area (Å²) < 4.78 is 52.1. The highest BCUT2D eigenvalue weighted by atomic mass is 19.4. The molecule has 3 aliphatic rings. The van der Waals surface area contributed by atoms with Crippen LogP contribution in [0, 0.1) is 5.92 Å². The van der Waals surface area contributed by atoms with Crippen molar-refractivity contribution in [3.63, 3.8) is 0 Å². The van der Waals surface area contributed by atoms with Gasteiger partial charge in [-0.3, -0.25) is 19.9 Å². The minimum absolute atomic E-state index is 0.000371. The van der Waals surface area contributed by atoms with Gasteiger partial charge in [-0.2, -0.15) is 13.2 Å². The van der Waals surface area contributed by atoms with Crippen LogP contribution < -0.4 is 20.9 Å². The summed E-state index contributed by atoms with van der Waals surface area (Å²) in [5.41, 5.74) is 4.65. The van der Waals surface area contributed by atoms with Gasteiger partial charge in [0.05, 0.1) is 6.61 Å². The Hall–Kier alpha value is -2.44. The van der Waals surface area contributed by atoms with Gasteiger partial charge < -0.3 is 14.8 Å². The quantitative estimate of drug-likeness (QED) is 0.499. The standard InChI is InChI=1S/C23H32F3N5O4/c24-23(25,26)21-18(12-28-30-22(21)33)31-11-3-4-16(31)13-34-14-19(32)29-15-6-8-17(9-7-15)35-20-5-1-2-10-27-20/h1-2,5,10,15-18,21,28H,3-4,6-9,11-14H2,(H,29,32)(H,30,33)/t15?,16-,17?,18?,21?/m0/s1. The largest absolute Gasteiger partial charge is 0.474 e. The van der Waals surface area contributed by atoms with Crippen LogP contribution in [0.3, 0.4) is 0 Å². The molecular formula is C23H32F3N5O4. The molecule has 0 spiro atoms. The summed E-state index contributed by atoms with van der Waals surface area (Å²) in [5, 5.41) is 2.98. The Morgan fingerprint density at radius 3 is 2.71 bits per heavy atom. The van der Waals surface area contributed by atoms with Gasteiger partial charge >= 0.3 is 6.18 Å². The number of carbonyl (C=O) groups is 2. The molecule has 3 N–H and O–H groups in total. The maximum Gasteiger partial charge on any atom is 0.402 e. The van der Waals surface area contributed by atoms with Crippen molar-refractivity contribution in [2.75, 3.05) is 26.3 Å². The number of nitrogens with one attached hydrogen (secondary N) is 3. The maximum atomic E-state index is 13.5. The molecule has 194 valence electrons. The topological polar surface area (TPSA) is 105 Å². The molecule has 1 saturated carbocycles. The van der Waals surface area contributed by atoms with Crippen LogP contribution in [0.5, 0.6) is 5.88 Å². The van der Waals surface area contributed by atoms with E-state index in [9.17, 15) is 22.8 Å². The fourth-order valence-corrected chi connectivity index (χ4v) is 5.23. The van der Waals surface area contributed by atoms with Crippen molar-refractivity contribution in [1.82, 2.24) is 26.1 Å². The summed E-state index contributed by atoms with van der Waals surface area (Å²) in [6, 6.07) is 4.28. The lowest BCUT2D eigenvalue weighted by molar-refractivity contribution is -0.201. The van der Waals surface area contributed by atoms with E-state index in [-0.39, 0.29) is 43.9 Å². The van der Waals surface area contributed by atoms with Crippen LogP contribution in [0.25, 0.3) is 0 Å². The Bertz CT molecular complexity index is 851. The van der Waals surface area contributed by atoms with E-state index in [1.807, 2.05) is 18.2 Å². The van der Waals surface area contributed by atoms with Crippen LogP contribution in [-0.2, 0) is 14.3 Å². The van der Waals surface area contributed by atoms with E-state index in [1.54, 1.807) is 11.1 Å². The second kappa shape index (κ2) is 11.5. The maximum absolute atomic E-state index is 13.5. The molecule has 0 aromatic carbocycles. The van der Waals surface area contributed by atoms with Crippen molar-refractivity contribution in [2.45, 2.75) is 68.9 Å². The number of ether oxygens (including phenoxy) is 2. The predicted octanol–water partition coefficient (Wildman–Crippen LogP) is 1.55. The van der Waals surface area contributed by atoms with Gasteiger partial charge in [0.25, 0.3) is 0 Å². The molecule has 4 rings (SSSR count). The Kier molecular flexibility index (Phi) is 8.45. The molecule has 1 aromatic rings. The third-order valence-electron chi connectivity index (χ3n) is 6.90. The summed E-state index contributed by atoms with van der Waals surface area (Å²) in [6.45, 7) is 0.442. The Labute approximate surface area is 202 Å². The minimum Gasteiger partial charge on any atom is -0.474 e. The highest BCUT2D eigenvalue weighted by molar-refractivity contribution is 5.80. The molecule has 9 nitrogen and oxygen atoms in total. The van der Waals surface area contributed by atoms with Gasteiger partial charge in [0, 0.05) is 36.9 Å². The van der Waals surface area contributed by atoms with Gasteiger partial charge in [-0.25, -0.2) is 10.4 Å². The van der Waals surface area contributed by atoms with Crippen LogP contribution in [0.2, 0.25) is 0 Å². The van der Waals surface area contributed by atoms with Crippen LogP contribution in [-0.4, -0.2) is 78.4 Å². The molecule has 35 heavy (non-hydrogen) atoms. The number of pyridine rings is 1. The van der Waals surface area contributed by atoms with Gasteiger partial charge in [0.15, 0.2) is 5.92 Å². The molecule has 2 amide bonds. The summed E-state index contributed by atoms with van der Waals surface area (Å²) in [5.74, 6) is -2.81. The summed E-state index contributed by atoms with van der Waals surface area (Å²) >= 11 is 0. The summed E-state index contributed by atoms with van der Waals surface area (Å²) in [7, 11) is 0. The zero-order valence-electron chi connectivity index (χ0n) is 19.4. The number of hydrazine groups is 1. The fraction of sp³-hybridized carbons (Fsp3) is 0.696. The van der Waals surface area contributed by atoms with Crippen molar-refractivity contribution < 1.29 is 32.2 Å². The van der Waals surface area contributed by atoms with Gasteiger partial charge in [-0.05, 0) is 51.1 Å². The Morgan fingerprint density at radius 2 is 2.00 bits per heavy atom. The van der Waals surface area contributed by atoms with E-state index in [2.05, 4.69) is 21.2 Å². The van der Waals surface area contributed by atoms with Gasteiger partial charge in [-0.1, -0.05) is 6.07 Å². The third kappa shape index (κ3) is 6.83. The number of alkyl halides is 3. The predicted molar refractivity (Wildman–Crippen MR) is 119 cm³/mol. The average molecular weight is 500 g/mol. The van der Waals surface area contributed by atoms with Crippen molar-refractivity contribution in [3.05, 3.63) is 24.4 Å². The lowest BCUT2D eigenvalue weighted by Gasteiger charge is -2.40. The lowest BCUT2D eigenvalue weighted by atomic mass is 9.93. The second-order valence-electron chi connectivity index (χ2n) is 9.33. The van der Waals surface area contributed by atoms with Crippen molar-refractivity contribution >= 4 is 11.8 Å².